The van der Waals surface area contributed by atoms with Crippen LogP contribution in [-0.4, -0.2) is 18.0 Å². The summed E-state index contributed by atoms with van der Waals surface area (Å²) in [7, 11) is 0. The van der Waals surface area contributed by atoms with E-state index in [1.807, 2.05) is 6.92 Å². The van der Waals surface area contributed by atoms with Gasteiger partial charge in [-0.2, -0.15) is 0 Å². The molecular weight excluding hydrogens is 337 g/mol. The number of amides is 1. The van der Waals surface area contributed by atoms with Crippen molar-refractivity contribution in [3.63, 3.8) is 0 Å². The molecule has 0 saturated heterocycles. The quantitative estimate of drug-likeness (QED) is 0.825. The molecule has 0 fully saturated rings. The molecule has 0 heterocycles. The molecule has 4 nitrogen and oxygen atoms in total. The van der Waals surface area contributed by atoms with E-state index in [4.69, 9.17) is 27.9 Å². The number of rotatable bonds is 4. The van der Waals surface area contributed by atoms with E-state index in [2.05, 4.69) is 5.32 Å². The van der Waals surface area contributed by atoms with Gasteiger partial charge in [-0.3, -0.25) is 4.79 Å². The van der Waals surface area contributed by atoms with Gasteiger partial charge >= 0.3 is 5.97 Å². The van der Waals surface area contributed by atoms with Gasteiger partial charge < -0.3 is 10.1 Å². The van der Waals surface area contributed by atoms with Gasteiger partial charge in [0, 0.05) is 15.7 Å². The predicted octanol–water partition coefficient (Wildman–Crippen LogP) is 4.49. The van der Waals surface area contributed by atoms with E-state index in [1.165, 1.54) is 6.92 Å². The topological polar surface area (TPSA) is 55.4 Å². The van der Waals surface area contributed by atoms with Gasteiger partial charge in [-0.25, -0.2) is 4.79 Å². The number of benzene rings is 2. The Balaban J connectivity index is 1.99. The van der Waals surface area contributed by atoms with Gasteiger partial charge in [0.05, 0.1) is 5.56 Å². The summed E-state index contributed by atoms with van der Waals surface area (Å²) in [6, 6.07) is 11.6. The van der Waals surface area contributed by atoms with Crippen LogP contribution in [0.5, 0.6) is 0 Å². The molecule has 1 atom stereocenters. The lowest BCUT2D eigenvalue weighted by Gasteiger charge is -2.14. The average molecular weight is 352 g/mol. The first-order valence-electron chi connectivity index (χ1n) is 6.90. The molecule has 0 spiro atoms. The fourth-order valence-corrected chi connectivity index (χ4v) is 2.37. The molecule has 0 bridgehead atoms. The second-order valence-corrected chi connectivity index (χ2v) is 5.93. The number of ether oxygens (including phenoxy) is 1. The molecule has 0 unspecified atom stereocenters. The summed E-state index contributed by atoms with van der Waals surface area (Å²) >= 11 is 11.7. The zero-order valence-corrected chi connectivity index (χ0v) is 14.1. The van der Waals surface area contributed by atoms with E-state index >= 15 is 0 Å². The minimum absolute atomic E-state index is 0.390. The van der Waals surface area contributed by atoms with Crippen LogP contribution in [0, 0.1) is 6.92 Å². The second kappa shape index (κ2) is 7.49. The fourth-order valence-electron chi connectivity index (χ4n) is 1.84. The van der Waals surface area contributed by atoms with Crippen LogP contribution in [0.2, 0.25) is 10.0 Å². The standard InChI is InChI=1S/C17H15Cl2NO3/c1-10-3-5-12(6-4-10)17(22)23-11(2)16(21)20-15-8-13(18)7-14(19)9-15/h3-9,11H,1-2H3,(H,20,21)/t11-/m1/s1. The Morgan fingerprint density at radius 2 is 1.61 bits per heavy atom. The Labute approximate surface area is 144 Å². The van der Waals surface area contributed by atoms with Crippen LogP contribution in [0.4, 0.5) is 5.69 Å². The van der Waals surface area contributed by atoms with Gasteiger partial charge in [0.25, 0.3) is 5.91 Å². The van der Waals surface area contributed by atoms with Crippen LogP contribution in [0.15, 0.2) is 42.5 Å². The SMILES string of the molecule is Cc1ccc(C(=O)O[C@H](C)C(=O)Nc2cc(Cl)cc(Cl)c2)cc1. The lowest BCUT2D eigenvalue weighted by atomic mass is 10.1. The largest absolute Gasteiger partial charge is 0.449 e. The summed E-state index contributed by atoms with van der Waals surface area (Å²) in [5.74, 6) is -1.03. The van der Waals surface area contributed by atoms with Gasteiger partial charge in [0.1, 0.15) is 0 Å². The van der Waals surface area contributed by atoms with Crippen molar-refractivity contribution in [3.05, 3.63) is 63.6 Å². The monoisotopic (exact) mass is 351 g/mol. The summed E-state index contributed by atoms with van der Waals surface area (Å²) in [5.41, 5.74) is 1.86. The Bertz CT molecular complexity index is 709. The van der Waals surface area contributed by atoms with Crippen molar-refractivity contribution in [2.45, 2.75) is 20.0 Å². The van der Waals surface area contributed by atoms with Crippen LogP contribution >= 0.6 is 23.2 Å². The maximum atomic E-state index is 12.1. The van der Waals surface area contributed by atoms with Gasteiger partial charge in [0.2, 0.25) is 0 Å². The number of carbonyl (C=O) groups excluding carboxylic acids is 2. The normalized spacial score (nSPS) is 11.7. The van der Waals surface area contributed by atoms with Crippen molar-refractivity contribution in [1.29, 1.82) is 0 Å². The molecular formula is C17H15Cl2NO3. The van der Waals surface area contributed by atoms with Crippen LogP contribution < -0.4 is 5.32 Å². The fraction of sp³-hybridized carbons (Fsp3) is 0.176. The number of carbonyl (C=O) groups is 2. The molecule has 6 heteroatoms. The van der Waals surface area contributed by atoms with E-state index in [-0.39, 0.29) is 0 Å². The summed E-state index contributed by atoms with van der Waals surface area (Å²) in [4.78, 5) is 24.1. The number of hydrogen-bond donors (Lipinski definition) is 1. The Morgan fingerprint density at radius 1 is 1.04 bits per heavy atom. The Kier molecular flexibility index (Phi) is 5.64. The number of anilines is 1. The smallest absolute Gasteiger partial charge is 0.338 e. The molecule has 1 amide bonds. The van der Waals surface area contributed by atoms with Crippen molar-refractivity contribution in [1.82, 2.24) is 0 Å². The first-order chi connectivity index (χ1) is 10.8. The molecule has 2 aromatic carbocycles. The molecule has 0 aliphatic rings. The number of esters is 1. The van der Waals surface area contributed by atoms with Crippen molar-refractivity contribution >= 4 is 40.8 Å². The Hall–Kier alpha value is -2.04. The zero-order chi connectivity index (χ0) is 17.0. The number of halogens is 2. The molecule has 0 aliphatic heterocycles. The highest BCUT2D eigenvalue weighted by molar-refractivity contribution is 6.35. The first-order valence-corrected chi connectivity index (χ1v) is 7.65. The minimum Gasteiger partial charge on any atom is -0.449 e. The molecule has 0 radical (unpaired) electrons. The van der Waals surface area contributed by atoms with E-state index in [1.54, 1.807) is 42.5 Å². The van der Waals surface area contributed by atoms with E-state index in [0.717, 1.165) is 5.56 Å². The van der Waals surface area contributed by atoms with E-state index < -0.39 is 18.0 Å². The molecule has 0 aromatic heterocycles. The van der Waals surface area contributed by atoms with Crippen LogP contribution in [-0.2, 0) is 9.53 Å². The molecule has 2 aromatic rings. The average Bonchev–Trinajstić information content (AvgIpc) is 2.46. The lowest BCUT2D eigenvalue weighted by molar-refractivity contribution is -0.123. The third-order valence-electron chi connectivity index (χ3n) is 3.07. The van der Waals surface area contributed by atoms with Gasteiger partial charge in [-0.1, -0.05) is 40.9 Å². The van der Waals surface area contributed by atoms with Crippen molar-refractivity contribution < 1.29 is 14.3 Å². The highest BCUT2D eigenvalue weighted by Gasteiger charge is 2.19. The number of hydrogen-bond acceptors (Lipinski definition) is 3. The maximum Gasteiger partial charge on any atom is 0.338 e. The van der Waals surface area contributed by atoms with Crippen LogP contribution in [0.3, 0.4) is 0 Å². The minimum atomic E-state index is -0.957. The Morgan fingerprint density at radius 3 is 2.17 bits per heavy atom. The molecule has 1 N–H and O–H groups in total. The number of aryl methyl sites for hydroxylation is 1. The lowest BCUT2D eigenvalue weighted by Crippen LogP contribution is -2.30. The highest BCUT2D eigenvalue weighted by atomic mass is 35.5. The third kappa shape index (κ3) is 4.98. The van der Waals surface area contributed by atoms with Crippen LogP contribution in [0.1, 0.15) is 22.8 Å². The molecule has 23 heavy (non-hydrogen) atoms. The van der Waals surface area contributed by atoms with Gasteiger partial charge in [-0.15, -0.1) is 0 Å². The summed E-state index contributed by atoms with van der Waals surface area (Å²) in [6.07, 6.45) is -0.957. The van der Waals surface area contributed by atoms with E-state index in [0.29, 0.717) is 21.3 Å². The van der Waals surface area contributed by atoms with Gasteiger partial charge in [0.15, 0.2) is 6.10 Å². The molecule has 0 aliphatic carbocycles. The molecule has 0 saturated carbocycles. The summed E-state index contributed by atoms with van der Waals surface area (Å²) in [6.45, 7) is 3.41. The van der Waals surface area contributed by atoms with Gasteiger partial charge in [-0.05, 0) is 44.2 Å². The molecule has 2 rings (SSSR count). The van der Waals surface area contributed by atoms with Crippen molar-refractivity contribution in [3.8, 4) is 0 Å². The molecule has 120 valence electrons. The highest BCUT2D eigenvalue weighted by Crippen LogP contribution is 2.22. The third-order valence-corrected chi connectivity index (χ3v) is 3.51. The zero-order valence-electron chi connectivity index (χ0n) is 12.6. The van der Waals surface area contributed by atoms with E-state index in [9.17, 15) is 9.59 Å². The summed E-state index contributed by atoms with van der Waals surface area (Å²) < 4.78 is 5.15. The van der Waals surface area contributed by atoms with Crippen molar-refractivity contribution in [2.24, 2.45) is 0 Å². The second-order valence-electron chi connectivity index (χ2n) is 5.06. The number of nitrogens with one attached hydrogen (secondary N) is 1. The first kappa shape index (κ1) is 17.3. The van der Waals surface area contributed by atoms with Crippen LogP contribution in [0.25, 0.3) is 0 Å². The maximum absolute atomic E-state index is 12.1. The summed E-state index contributed by atoms with van der Waals surface area (Å²) in [5, 5.41) is 3.40. The predicted molar refractivity (Wildman–Crippen MR) is 91.1 cm³/mol. The van der Waals surface area contributed by atoms with Crippen molar-refractivity contribution in [2.75, 3.05) is 5.32 Å².